The molecule has 152 valence electrons. The SMILES string of the molecule is Cc1cc(NC2CCN(C)CC2)c2cc(OCCCN3CCCC3)ccc2n1. The molecule has 0 spiro atoms. The molecule has 4 rings (SSSR count). The molecule has 2 aliphatic heterocycles. The highest BCUT2D eigenvalue weighted by Gasteiger charge is 2.18. The highest BCUT2D eigenvalue weighted by molar-refractivity contribution is 5.92. The molecule has 0 aliphatic carbocycles. The lowest BCUT2D eigenvalue weighted by atomic mass is 10.0. The van der Waals surface area contributed by atoms with Crippen molar-refractivity contribution < 1.29 is 4.74 Å². The number of hydrogen-bond acceptors (Lipinski definition) is 5. The van der Waals surface area contributed by atoms with Gasteiger partial charge < -0.3 is 19.9 Å². The van der Waals surface area contributed by atoms with Crippen LogP contribution in [0.25, 0.3) is 10.9 Å². The summed E-state index contributed by atoms with van der Waals surface area (Å²) >= 11 is 0. The second-order valence-electron chi connectivity index (χ2n) is 8.46. The van der Waals surface area contributed by atoms with Crippen molar-refractivity contribution in [3.05, 3.63) is 30.0 Å². The van der Waals surface area contributed by atoms with Gasteiger partial charge in [-0.05, 0) is 96.5 Å². The average Bonchev–Trinajstić information content (AvgIpc) is 3.21. The first kappa shape index (κ1) is 19.5. The summed E-state index contributed by atoms with van der Waals surface area (Å²) < 4.78 is 6.07. The lowest BCUT2D eigenvalue weighted by Crippen LogP contribution is -2.36. The van der Waals surface area contributed by atoms with Crippen LogP contribution in [-0.2, 0) is 0 Å². The Hall–Kier alpha value is -1.85. The number of fused-ring (bicyclic) bond motifs is 1. The van der Waals surface area contributed by atoms with Crippen molar-refractivity contribution in [2.45, 2.75) is 45.1 Å². The largest absolute Gasteiger partial charge is 0.494 e. The van der Waals surface area contributed by atoms with Gasteiger partial charge in [-0.2, -0.15) is 0 Å². The Kier molecular flexibility index (Phi) is 6.33. The first-order valence-electron chi connectivity index (χ1n) is 10.9. The standard InChI is InChI=1S/C23H34N4O/c1-18-16-23(25-19-8-13-26(2)14-9-19)21-17-20(6-7-22(21)24-18)28-15-5-12-27-10-3-4-11-27/h6-7,16-17,19H,3-5,8-15H2,1-2H3,(H,24,25). The Morgan fingerprint density at radius 2 is 1.89 bits per heavy atom. The van der Waals surface area contributed by atoms with Crippen LogP contribution >= 0.6 is 0 Å². The fraction of sp³-hybridized carbons (Fsp3) is 0.609. The maximum absolute atomic E-state index is 6.07. The Balaban J connectivity index is 1.42. The molecule has 1 aromatic heterocycles. The fourth-order valence-electron chi connectivity index (χ4n) is 4.40. The van der Waals surface area contributed by atoms with Gasteiger partial charge in [-0.1, -0.05) is 0 Å². The van der Waals surface area contributed by atoms with Crippen LogP contribution in [0.1, 0.15) is 37.8 Å². The zero-order chi connectivity index (χ0) is 19.3. The molecule has 2 fully saturated rings. The minimum absolute atomic E-state index is 0.534. The van der Waals surface area contributed by atoms with Crippen LogP contribution in [0.4, 0.5) is 5.69 Å². The number of nitrogens with zero attached hydrogens (tertiary/aromatic N) is 3. The number of hydrogen-bond donors (Lipinski definition) is 1. The van der Waals surface area contributed by atoms with E-state index in [-0.39, 0.29) is 0 Å². The van der Waals surface area contributed by atoms with E-state index in [0.29, 0.717) is 6.04 Å². The Bertz CT molecular complexity index is 780. The molecule has 1 aromatic carbocycles. The molecule has 0 unspecified atom stereocenters. The fourth-order valence-corrected chi connectivity index (χ4v) is 4.40. The maximum atomic E-state index is 6.07. The molecule has 0 bridgehead atoms. The number of pyridine rings is 1. The first-order chi connectivity index (χ1) is 13.7. The van der Waals surface area contributed by atoms with Gasteiger partial charge in [-0.3, -0.25) is 4.98 Å². The highest BCUT2D eigenvalue weighted by atomic mass is 16.5. The number of anilines is 1. The number of ether oxygens (including phenoxy) is 1. The van der Waals surface area contributed by atoms with Crippen molar-refractivity contribution in [1.82, 2.24) is 14.8 Å². The predicted molar refractivity (Wildman–Crippen MR) is 116 cm³/mol. The van der Waals surface area contributed by atoms with Gasteiger partial charge in [0.2, 0.25) is 0 Å². The summed E-state index contributed by atoms with van der Waals surface area (Å²) in [6.07, 6.45) is 6.17. The third kappa shape index (κ3) is 4.95. The highest BCUT2D eigenvalue weighted by Crippen LogP contribution is 2.29. The van der Waals surface area contributed by atoms with Gasteiger partial charge in [0.05, 0.1) is 12.1 Å². The second-order valence-corrected chi connectivity index (χ2v) is 8.46. The predicted octanol–water partition coefficient (Wildman–Crippen LogP) is 3.91. The summed E-state index contributed by atoms with van der Waals surface area (Å²) in [5.41, 5.74) is 3.29. The second kappa shape index (κ2) is 9.10. The third-order valence-corrected chi connectivity index (χ3v) is 6.07. The van der Waals surface area contributed by atoms with Crippen LogP contribution in [-0.4, -0.2) is 67.2 Å². The van der Waals surface area contributed by atoms with Crippen molar-refractivity contribution in [2.75, 3.05) is 51.7 Å². The van der Waals surface area contributed by atoms with Gasteiger partial charge >= 0.3 is 0 Å². The Morgan fingerprint density at radius 3 is 2.68 bits per heavy atom. The minimum Gasteiger partial charge on any atom is -0.494 e. The van der Waals surface area contributed by atoms with E-state index in [1.54, 1.807) is 0 Å². The van der Waals surface area contributed by atoms with Gasteiger partial charge in [-0.25, -0.2) is 0 Å². The van der Waals surface area contributed by atoms with E-state index >= 15 is 0 Å². The van der Waals surface area contributed by atoms with E-state index in [0.717, 1.165) is 49.6 Å². The molecule has 1 N–H and O–H groups in total. The zero-order valence-corrected chi connectivity index (χ0v) is 17.4. The molecule has 0 saturated carbocycles. The Morgan fingerprint density at radius 1 is 1.11 bits per heavy atom. The summed E-state index contributed by atoms with van der Waals surface area (Å²) in [7, 11) is 2.20. The minimum atomic E-state index is 0.534. The van der Waals surface area contributed by atoms with Crippen LogP contribution in [0.5, 0.6) is 5.75 Å². The molecule has 2 saturated heterocycles. The normalized spacial score (nSPS) is 19.4. The summed E-state index contributed by atoms with van der Waals surface area (Å²) in [6, 6.07) is 9.03. The first-order valence-corrected chi connectivity index (χ1v) is 10.9. The number of aryl methyl sites for hydroxylation is 1. The Labute approximate surface area is 169 Å². The average molecular weight is 383 g/mol. The lowest BCUT2D eigenvalue weighted by molar-refractivity contribution is 0.263. The molecule has 3 heterocycles. The van der Waals surface area contributed by atoms with Crippen LogP contribution in [0.3, 0.4) is 0 Å². The van der Waals surface area contributed by atoms with Gasteiger partial charge in [0.1, 0.15) is 5.75 Å². The summed E-state index contributed by atoms with van der Waals surface area (Å²) in [6.45, 7) is 8.83. The van der Waals surface area contributed by atoms with Crippen molar-refractivity contribution in [2.24, 2.45) is 0 Å². The van der Waals surface area contributed by atoms with E-state index in [1.807, 2.05) is 0 Å². The number of rotatable bonds is 7. The molecule has 0 amide bonds. The number of aromatic nitrogens is 1. The van der Waals surface area contributed by atoms with Crippen LogP contribution < -0.4 is 10.1 Å². The molecule has 2 aliphatic rings. The van der Waals surface area contributed by atoms with Crippen molar-refractivity contribution in [3.8, 4) is 5.75 Å². The van der Waals surface area contributed by atoms with Crippen molar-refractivity contribution in [1.29, 1.82) is 0 Å². The smallest absolute Gasteiger partial charge is 0.120 e. The number of nitrogens with one attached hydrogen (secondary N) is 1. The van der Waals surface area contributed by atoms with Gasteiger partial charge in [0.15, 0.2) is 0 Å². The molecular formula is C23H34N4O. The maximum Gasteiger partial charge on any atom is 0.120 e. The summed E-state index contributed by atoms with van der Waals surface area (Å²) in [4.78, 5) is 9.67. The number of benzene rings is 1. The van der Waals surface area contributed by atoms with Gasteiger partial charge in [0, 0.05) is 29.4 Å². The van der Waals surface area contributed by atoms with E-state index in [9.17, 15) is 0 Å². The molecular weight excluding hydrogens is 348 g/mol. The molecule has 2 aromatic rings. The van der Waals surface area contributed by atoms with Gasteiger partial charge in [-0.15, -0.1) is 0 Å². The summed E-state index contributed by atoms with van der Waals surface area (Å²) in [5.74, 6) is 0.950. The third-order valence-electron chi connectivity index (χ3n) is 6.07. The van der Waals surface area contributed by atoms with Crippen molar-refractivity contribution in [3.63, 3.8) is 0 Å². The zero-order valence-electron chi connectivity index (χ0n) is 17.4. The summed E-state index contributed by atoms with van der Waals surface area (Å²) in [5, 5.41) is 4.96. The van der Waals surface area contributed by atoms with E-state index in [1.165, 1.54) is 49.8 Å². The number of piperidine rings is 1. The molecule has 0 radical (unpaired) electrons. The monoisotopic (exact) mass is 382 g/mol. The molecule has 28 heavy (non-hydrogen) atoms. The topological polar surface area (TPSA) is 40.6 Å². The molecule has 5 nitrogen and oxygen atoms in total. The molecule has 5 heteroatoms. The van der Waals surface area contributed by atoms with E-state index in [2.05, 4.69) is 53.4 Å². The van der Waals surface area contributed by atoms with E-state index in [4.69, 9.17) is 9.72 Å². The van der Waals surface area contributed by atoms with E-state index < -0.39 is 0 Å². The quantitative estimate of drug-likeness (QED) is 0.735. The molecule has 0 atom stereocenters. The lowest BCUT2D eigenvalue weighted by Gasteiger charge is -2.30. The van der Waals surface area contributed by atoms with Crippen LogP contribution in [0.15, 0.2) is 24.3 Å². The van der Waals surface area contributed by atoms with Crippen LogP contribution in [0, 0.1) is 6.92 Å². The van der Waals surface area contributed by atoms with Crippen LogP contribution in [0.2, 0.25) is 0 Å². The number of likely N-dealkylation sites (tertiary alicyclic amines) is 2. The van der Waals surface area contributed by atoms with Crippen molar-refractivity contribution >= 4 is 16.6 Å². The van der Waals surface area contributed by atoms with Gasteiger partial charge in [0.25, 0.3) is 0 Å².